The molecule has 1 amide bonds. The van der Waals surface area contributed by atoms with Crippen LogP contribution in [0.3, 0.4) is 0 Å². The van der Waals surface area contributed by atoms with Crippen molar-refractivity contribution in [3.8, 4) is 0 Å². The van der Waals surface area contributed by atoms with Gasteiger partial charge < -0.3 is 15.0 Å². The molecule has 4 aliphatic heterocycles. The molecule has 0 radical (unpaired) electrons. The molecule has 1 aromatic rings. The number of nitrogens with one attached hydrogen (secondary N) is 1. The molecule has 0 spiro atoms. The Kier molecular flexibility index (Phi) is 4.97. The zero-order valence-corrected chi connectivity index (χ0v) is 16.0. The van der Waals surface area contributed by atoms with Crippen LogP contribution in [-0.2, 0) is 4.74 Å². The molecule has 2 bridgehead atoms. The number of nitrogens with zero attached hydrogens (tertiary/aromatic N) is 3. The fourth-order valence-corrected chi connectivity index (χ4v) is 5.42. The number of rotatable bonds is 3. The SMILES string of the molecule is CNc1nc(C)c(C(=O)N2C[C@H]3CC[C@@H]2CN(C2CCOCC2)C3)s1. The molecular weight excluding hydrogens is 336 g/mol. The fourth-order valence-electron chi connectivity index (χ4n) is 4.55. The van der Waals surface area contributed by atoms with Gasteiger partial charge in [0, 0.05) is 52.0 Å². The van der Waals surface area contributed by atoms with E-state index >= 15 is 0 Å². The molecule has 6 nitrogen and oxygen atoms in total. The number of carbonyl (C=O) groups is 1. The molecule has 2 atom stereocenters. The quantitative estimate of drug-likeness (QED) is 0.891. The summed E-state index contributed by atoms with van der Waals surface area (Å²) in [6, 6.07) is 0.974. The van der Waals surface area contributed by atoms with Crippen molar-refractivity contribution in [2.75, 3.05) is 45.2 Å². The number of aromatic nitrogens is 1. The highest BCUT2D eigenvalue weighted by Crippen LogP contribution is 2.33. The number of piperidine rings is 1. The second-order valence-corrected chi connectivity index (χ2v) is 8.53. The monoisotopic (exact) mass is 364 g/mol. The number of hydrogen-bond donors (Lipinski definition) is 1. The van der Waals surface area contributed by atoms with Crippen molar-refractivity contribution in [2.24, 2.45) is 5.92 Å². The number of amides is 1. The minimum absolute atomic E-state index is 0.181. The number of thiazole rings is 1. The lowest BCUT2D eigenvalue weighted by Gasteiger charge is -2.37. The maximum atomic E-state index is 13.2. The molecule has 4 fully saturated rings. The summed E-state index contributed by atoms with van der Waals surface area (Å²) < 4.78 is 5.53. The second-order valence-electron chi connectivity index (χ2n) is 7.54. The van der Waals surface area contributed by atoms with Gasteiger partial charge in [-0.25, -0.2) is 4.98 Å². The van der Waals surface area contributed by atoms with Gasteiger partial charge in [-0.2, -0.15) is 0 Å². The standard InChI is InChI=1S/C18H28N4O2S/c1-12-16(25-18(19-2)20-12)17(23)22-10-13-3-4-15(22)11-21(9-13)14-5-7-24-8-6-14/h13-15H,3-11H2,1-2H3,(H,19,20)/t13-,15+/m0/s1. The number of fused-ring (bicyclic) bond motifs is 4. The number of hydrogen-bond acceptors (Lipinski definition) is 6. The van der Waals surface area contributed by atoms with Gasteiger partial charge in [-0.05, 0) is 38.5 Å². The highest BCUT2D eigenvalue weighted by molar-refractivity contribution is 7.17. The zero-order valence-electron chi connectivity index (χ0n) is 15.2. The predicted molar refractivity (Wildman–Crippen MR) is 99.4 cm³/mol. The normalized spacial score (nSPS) is 28.2. The molecule has 7 heteroatoms. The van der Waals surface area contributed by atoms with Crippen LogP contribution < -0.4 is 5.32 Å². The van der Waals surface area contributed by atoms with Crippen LogP contribution in [-0.4, -0.2) is 72.7 Å². The van der Waals surface area contributed by atoms with Crippen LogP contribution in [0, 0.1) is 12.8 Å². The molecule has 0 aromatic carbocycles. The molecule has 0 saturated carbocycles. The van der Waals surface area contributed by atoms with E-state index in [0.29, 0.717) is 18.0 Å². The van der Waals surface area contributed by atoms with E-state index in [4.69, 9.17) is 4.74 Å². The van der Waals surface area contributed by atoms with Crippen molar-refractivity contribution in [1.82, 2.24) is 14.8 Å². The molecular formula is C18H28N4O2S. The fraction of sp³-hybridized carbons (Fsp3) is 0.778. The van der Waals surface area contributed by atoms with E-state index in [2.05, 4.69) is 20.1 Å². The Balaban J connectivity index is 1.51. The topological polar surface area (TPSA) is 57.7 Å². The second kappa shape index (κ2) is 7.21. The van der Waals surface area contributed by atoms with Crippen LogP contribution in [0.25, 0.3) is 0 Å². The largest absolute Gasteiger partial charge is 0.381 e. The summed E-state index contributed by atoms with van der Waals surface area (Å²) >= 11 is 1.48. The van der Waals surface area contributed by atoms with E-state index < -0.39 is 0 Å². The summed E-state index contributed by atoms with van der Waals surface area (Å²) in [6.45, 7) is 6.75. The number of ether oxygens (including phenoxy) is 1. The molecule has 25 heavy (non-hydrogen) atoms. The van der Waals surface area contributed by atoms with Crippen molar-refractivity contribution in [3.63, 3.8) is 0 Å². The molecule has 5 rings (SSSR count). The van der Waals surface area contributed by atoms with E-state index in [1.807, 2.05) is 14.0 Å². The molecule has 1 N–H and O–H groups in total. The number of carbonyl (C=O) groups excluding carboxylic acids is 1. The Morgan fingerprint density at radius 1 is 1.16 bits per heavy atom. The van der Waals surface area contributed by atoms with Gasteiger partial charge in [0.2, 0.25) is 0 Å². The van der Waals surface area contributed by atoms with Crippen molar-refractivity contribution in [1.29, 1.82) is 0 Å². The van der Waals surface area contributed by atoms with Gasteiger partial charge in [0.05, 0.1) is 5.69 Å². The Labute approximate surface area is 153 Å². The lowest BCUT2D eigenvalue weighted by atomic mass is 9.95. The van der Waals surface area contributed by atoms with E-state index in [9.17, 15) is 4.79 Å². The molecule has 138 valence electrons. The van der Waals surface area contributed by atoms with E-state index in [0.717, 1.165) is 67.8 Å². The first kappa shape index (κ1) is 17.2. The first-order valence-electron chi connectivity index (χ1n) is 9.43. The van der Waals surface area contributed by atoms with E-state index in [-0.39, 0.29) is 5.91 Å². The minimum atomic E-state index is 0.181. The smallest absolute Gasteiger partial charge is 0.266 e. The lowest BCUT2D eigenvalue weighted by Crippen LogP contribution is -2.48. The van der Waals surface area contributed by atoms with Crippen LogP contribution in [0.15, 0.2) is 0 Å². The van der Waals surface area contributed by atoms with Crippen LogP contribution in [0.4, 0.5) is 5.13 Å². The highest BCUT2D eigenvalue weighted by Gasteiger charge is 2.40. The lowest BCUT2D eigenvalue weighted by molar-refractivity contribution is 0.0304. The van der Waals surface area contributed by atoms with Crippen LogP contribution in [0.5, 0.6) is 0 Å². The maximum Gasteiger partial charge on any atom is 0.266 e. The van der Waals surface area contributed by atoms with Gasteiger partial charge in [0.1, 0.15) is 4.88 Å². The maximum absolute atomic E-state index is 13.2. The number of aryl methyl sites for hydroxylation is 1. The average Bonchev–Trinajstić information content (AvgIpc) is 2.82. The van der Waals surface area contributed by atoms with Crippen molar-refractivity contribution in [3.05, 3.63) is 10.6 Å². The van der Waals surface area contributed by atoms with Gasteiger partial charge in [-0.1, -0.05) is 11.3 Å². The Morgan fingerprint density at radius 2 is 1.96 bits per heavy atom. The zero-order chi connectivity index (χ0) is 17.4. The van der Waals surface area contributed by atoms with Gasteiger partial charge in [0.25, 0.3) is 5.91 Å². The third-order valence-electron chi connectivity index (χ3n) is 5.91. The van der Waals surface area contributed by atoms with Crippen molar-refractivity contribution in [2.45, 2.75) is 44.7 Å². The Hall–Kier alpha value is -1.18. The summed E-state index contributed by atoms with van der Waals surface area (Å²) in [4.78, 5) is 23.3. The van der Waals surface area contributed by atoms with Gasteiger partial charge >= 0.3 is 0 Å². The third-order valence-corrected chi connectivity index (χ3v) is 7.08. The summed E-state index contributed by atoms with van der Waals surface area (Å²) in [5.74, 6) is 0.780. The Morgan fingerprint density at radius 3 is 2.68 bits per heavy atom. The molecule has 0 unspecified atom stereocenters. The van der Waals surface area contributed by atoms with Crippen molar-refractivity contribution < 1.29 is 9.53 Å². The first-order valence-corrected chi connectivity index (χ1v) is 10.2. The summed E-state index contributed by atoms with van der Waals surface area (Å²) in [5.41, 5.74) is 0.848. The third kappa shape index (κ3) is 3.41. The van der Waals surface area contributed by atoms with Crippen LogP contribution in [0.2, 0.25) is 0 Å². The molecule has 4 saturated heterocycles. The average molecular weight is 365 g/mol. The summed E-state index contributed by atoms with van der Waals surface area (Å²) in [5, 5.41) is 3.88. The Bertz CT molecular complexity index is 629. The van der Waals surface area contributed by atoms with Gasteiger partial charge in [0.15, 0.2) is 5.13 Å². The summed E-state index contributed by atoms with van der Waals surface area (Å²) in [7, 11) is 1.85. The molecule has 4 aliphatic rings. The van der Waals surface area contributed by atoms with E-state index in [1.165, 1.54) is 17.8 Å². The van der Waals surface area contributed by atoms with Gasteiger partial charge in [-0.15, -0.1) is 0 Å². The molecule has 0 aliphatic carbocycles. The highest BCUT2D eigenvalue weighted by atomic mass is 32.1. The van der Waals surface area contributed by atoms with Crippen LogP contribution in [0.1, 0.15) is 41.0 Å². The van der Waals surface area contributed by atoms with E-state index in [1.54, 1.807) is 0 Å². The minimum Gasteiger partial charge on any atom is -0.381 e. The number of anilines is 1. The van der Waals surface area contributed by atoms with Crippen molar-refractivity contribution >= 4 is 22.4 Å². The van der Waals surface area contributed by atoms with Gasteiger partial charge in [-0.3, -0.25) is 9.69 Å². The predicted octanol–water partition coefficient (Wildman–Crippen LogP) is 2.21. The van der Waals surface area contributed by atoms with Crippen LogP contribution >= 0.6 is 11.3 Å². The first-order chi connectivity index (χ1) is 12.2. The molecule has 5 heterocycles. The summed E-state index contributed by atoms with van der Waals surface area (Å²) in [6.07, 6.45) is 4.64. The molecule has 1 aromatic heterocycles.